The lowest BCUT2D eigenvalue weighted by Gasteiger charge is -2.41. The minimum absolute atomic E-state index is 0.369. The average molecular weight is 198 g/mol. The first-order valence-corrected chi connectivity index (χ1v) is 4.94. The van der Waals surface area contributed by atoms with Gasteiger partial charge in [0.1, 0.15) is 0 Å². The van der Waals surface area contributed by atoms with Crippen LogP contribution in [0.15, 0.2) is 0 Å². The predicted molar refractivity (Wildman–Crippen MR) is 53.6 cm³/mol. The molecule has 0 atom stereocenters. The zero-order chi connectivity index (χ0) is 10.9. The topological polar surface area (TPSA) is 40.6 Å². The maximum atomic E-state index is 11.5. The molecule has 4 heteroatoms. The van der Waals surface area contributed by atoms with Gasteiger partial charge in [0.05, 0.1) is 0 Å². The third-order valence-electron chi connectivity index (χ3n) is 2.73. The number of hydrogen-bond acceptors (Lipinski definition) is 2. The molecule has 14 heavy (non-hydrogen) atoms. The number of likely N-dealkylation sites (N-methyl/N-ethyl adjacent to an activating group) is 1. The summed E-state index contributed by atoms with van der Waals surface area (Å²) in [5.74, 6) is 0.363. The molecule has 1 fully saturated rings. The molecule has 2 amide bonds. The molecule has 0 N–H and O–H groups in total. The number of carbonyl (C=O) groups is 2. The number of carbonyl (C=O) groups excluding carboxylic acids is 2. The first kappa shape index (κ1) is 11.0. The number of rotatable bonds is 1. The van der Waals surface area contributed by atoms with E-state index in [1.807, 2.05) is 0 Å². The zero-order valence-electron chi connectivity index (χ0n) is 9.28. The van der Waals surface area contributed by atoms with E-state index in [4.69, 9.17) is 0 Å². The van der Waals surface area contributed by atoms with E-state index in [9.17, 15) is 9.59 Å². The summed E-state index contributed by atoms with van der Waals surface area (Å²) in [6.45, 7) is 5.74. The van der Waals surface area contributed by atoms with Gasteiger partial charge in [0, 0.05) is 27.2 Å². The Morgan fingerprint density at radius 1 is 1.29 bits per heavy atom. The van der Waals surface area contributed by atoms with E-state index in [1.54, 1.807) is 19.0 Å². The van der Waals surface area contributed by atoms with E-state index >= 15 is 0 Å². The molecule has 0 aromatic carbocycles. The second kappa shape index (κ2) is 3.98. The summed E-state index contributed by atoms with van der Waals surface area (Å²) in [5, 5.41) is 0. The van der Waals surface area contributed by atoms with Gasteiger partial charge in [-0.3, -0.25) is 9.59 Å². The minimum atomic E-state index is -0.424. The molecule has 0 radical (unpaired) electrons. The molecule has 80 valence electrons. The van der Waals surface area contributed by atoms with Crippen molar-refractivity contribution in [1.82, 2.24) is 9.80 Å². The van der Waals surface area contributed by atoms with Gasteiger partial charge in [-0.25, -0.2) is 0 Å². The highest BCUT2D eigenvalue weighted by Gasteiger charge is 2.35. The standard InChI is InChI=1S/C10H18N2O2/c1-7(2)8-5-12(6-8)10(14)9(13)11(3)4/h7-8H,5-6H2,1-4H3. The van der Waals surface area contributed by atoms with Crippen molar-refractivity contribution in [2.24, 2.45) is 11.8 Å². The maximum Gasteiger partial charge on any atom is 0.312 e. The van der Waals surface area contributed by atoms with Crippen LogP contribution < -0.4 is 0 Å². The Kier molecular flexibility index (Phi) is 3.13. The van der Waals surface area contributed by atoms with Crippen molar-refractivity contribution in [2.45, 2.75) is 13.8 Å². The van der Waals surface area contributed by atoms with E-state index in [0.717, 1.165) is 13.1 Å². The van der Waals surface area contributed by atoms with Gasteiger partial charge in [0.2, 0.25) is 0 Å². The van der Waals surface area contributed by atoms with Crippen molar-refractivity contribution in [3.8, 4) is 0 Å². The Bertz CT molecular complexity index is 243. The Balaban J connectivity index is 2.40. The minimum Gasteiger partial charge on any atom is -0.341 e. The summed E-state index contributed by atoms with van der Waals surface area (Å²) in [7, 11) is 3.19. The van der Waals surface area contributed by atoms with Gasteiger partial charge >= 0.3 is 11.8 Å². The van der Waals surface area contributed by atoms with E-state index in [-0.39, 0.29) is 5.91 Å². The van der Waals surface area contributed by atoms with Gasteiger partial charge in [0.15, 0.2) is 0 Å². The van der Waals surface area contributed by atoms with Crippen molar-refractivity contribution in [3.63, 3.8) is 0 Å². The summed E-state index contributed by atoms with van der Waals surface area (Å²) in [6, 6.07) is 0. The molecule has 0 aromatic heterocycles. The van der Waals surface area contributed by atoms with Gasteiger partial charge in [-0.15, -0.1) is 0 Å². The zero-order valence-corrected chi connectivity index (χ0v) is 9.28. The Hall–Kier alpha value is -1.06. The molecule has 1 heterocycles. The summed E-state index contributed by atoms with van der Waals surface area (Å²) in [5.41, 5.74) is 0. The number of amides is 2. The van der Waals surface area contributed by atoms with Crippen LogP contribution in [0.25, 0.3) is 0 Å². The van der Waals surface area contributed by atoms with Crippen LogP contribution >= 0.6 is 0 Å². The molecule has 0 saturated carbocycles. The Labute approximate surface area is 84.9 Å². The highest BCUT2D eigenvalue weighted by molar-refractivity contribution is 6.34. The molecule has 0 spiro atoms. The first-order chi connectivity index (χ1) is 6.43. The number of hydrogen-bond donors (Lipinski definition) is 0. The molecule has 1 saturated heterocycles. The van der Waals surface area contributed by atoms with Crippen LogP contribution in [0.4, 0.5) is 0 Å². The predicted octanol–water partition coefficient (Wildman–Crippen LogP) is 0.189. The normalized spacial score (nSPS) is 16.8. The molecule has 0 aliphatic carbocycles. The summed E-state index contributed by atoms with van der Waals surface area (Å²) >= 11 is 0. The average Bonchev–Trinajstić information content (AvgIpc) is 1.98. The van der Waals surface area contributed by atoms with E-state index in [1.165, 1.54) is 4.90 Å². The second-order valence-corrected chi connectivity index (χ2v) is 4.41. The van der Waals surface area contributed by atoms with Crippen LogP contribution in [-0.4, -0.2) is 48.8 Å². The van der Waals surface area contributed by atoms with Gasteiger partial charge in [-0.2, -0.15) is 0 Å². The molecular formula is C10H18N2O2. The van der Waals surface area contributed by atoms with Crippen LogP contribution in [-0.2, 0) is 9.59 Å². The smallest absolute Gasteiger partial charge is 0.312 e. The molecule has 0 aromatic rings. The van der Waals surface area contributed by atoms with Gasteiger partial charge in [0.25, 0.3) is 0 Å². The molecular weight excluding hydrogens is 180 g/mol. The van der Waals surface area contributed by atoms with E-state index < -0.39 is 5.91 Å². The van der Waals surface area contributed by atoms with E-state index in [0.29, 0.717) is 11.8 Å². The quantitative estimate of drug-likeness (QED) is 0.564. The highest BCUT2D eigenvalue weighted by atomic mass is 16.2. The lowest BCUT2D eigenvalue weighted by Crippen LogP contribution is -2.55. The first-order valence-electron chi connectivity index (χ1n) is 4.94. The summed E-state index contributed by atoms with van der Waals surface area (Å²) in [6.07, 6.45) is 0. The van der Waals surface area contributed by atoms with Crippen molar-refractivity contribution in [1.29, 1.82) is 0 Å². The number of nitrogens with zero attached hydrogens (tertiary/aromatic N) is 2. The fourth-order valence-electron chi connectivity index (χ4n) is 1.43. The van der Waals surface area contributed by atoms with Crippen LogP contribution in [0.1, 0.15) is 13.8 Å². The van der Waals surface area contributed by atoms with Crippen LogP contribution in [0.3, 0.4) is 0 Å². The summed E-state index contributed by atoms with van der Waals surface area (Å²) < 4.78 is 0. The monoisotopic (exact) mass is 198 g/mol. The second-order valence-electron chi connectivity index (χ2n) is 4.41. The molecule has 0 bridgehead atoms. The molecule has 1 rings (SSSR count). The molecule has 1 aliphatic rings. The van der Waals surface area contributed by atoms with Crippen molar-refractivity contribution < 1.29 is 9.59 Å². The van der Waals surface area contributed by atoms with Crippen molar-refractivity contribution >= 4 is 11.8 Å². The highest BCUT2D eigenvalue weighted by Crippen LogP contribution is 2.23. The maximum absolute atomic E-state index is 11.5. The number of likely N-dealkylation sites (tertiary alicyclic amines) is 1. The van der Waals surface area contributed by atoms with E-state index in [2.05, 4.69) is 13.8 Å². The third kappa shape index (κ3) is 2.05. The van der Waals surface area contributed by atoms with Crippen LogP contribution in [0.2, 0.25) is 0 Å². The largest absolute Gasteiger partial charge is 0.341 e. The fourth-order valence-corrected chi connectivity index (χ4v) is 1.43. The van der Waals surface area contributed by atoms with Crippen LogP contribution in [0, 0.1) is 11.8 Å². The molecule has 4 nitrogen and oxygen atoms in total. The Morgan fingerprint density at radius 3 is 2.14 bits per heavy atom. The van der Waals surface area contributed by atoms with Gasteiger partial charge in [-0.1, -0.05) is 13.8 Å². The lowest BCUT2D eigenvalue weighted by molar-refractivity contribution is -0.154. The summed E-state index contributed by atoms with van der Waals surface area (Å²) in [4.78, 5) is 25.7. The lowest BCUT2D eigenvalue weighted by atomic mass is 9.88. The van der Waals surface area contributed by atoms with Gasteiger partial charge in [-0.05, 0) is 11.8 Å². The fraction of sp³-hybridized carbons (Fsp3) is 0.800. The third-order valence-corrected chi connectivity index (χ3v) is 2.73. The SMILES string of the molecule is CC(C)C1CN(C(=O)C(=O)N(C)C)C1. The van der Waals surface area contributed by atoms with Crippen LogP contribution in [0.5, 0.6) is 0 Å². The molecule has 1 aliphatic heterocycles. The van der Waals surface area contributed by atoms with Gasteiger partial charge < -0.3 is 9.80 Å². The Morgan fingerprint density at radius 2 is 1.79 bits per heavy atom. The molecule has 0 unspecified atom stereocenters. The van der Waals surface area contributed by atoms with Crippen molar-refractivity contribution in [3.05, 3.63) is 0 Å². The van der Waals surface area contributed by atoms with Crippen molar-refractivity contribution in [2.75, 3.05) is 27.2 Å².